The summed E-state index contributed by atoms with van der Waals surface area (Å²) in [4.78, 5) is 4.49. The largest absolute Gasteiger partial charge is 0.440 e. The van der Waals surface area contributed by atoms with Gasteiger partial charge in [0.2, 0.25) is 0 Å². The smallest absolute Gasteiger partial charge is 0.195 e. The number of hydrogen-bond donors (Lipinski definition) is 1. The lowest BCUT2D eigenvalue weighted by molar-refractivity contribution is 0.274. The van der Waals surface area contributed by atoms with Gasteiger partial charge in [0.25, 0.3) is 0 Å². The maximum absolute atomic E-state index is 9.15. The molecule has 1 aromatic heterocycles. The van der Waals surface area contributed by atoms with E-state index < -0.39 is 0 Å². The summed E-state index contributed by atoms with van der Waals surface area (Å²) in [6.07, 6.45) is 3.01. The van der Waals surface area contributed by atoms with Crippen molar-refractivity contribution >= 4 is 11.1 Å². The zero-order valence-corrected chi connectivity index (χ0v) is 10.0. The minimum Gasteiger partial charge on any atom is -0.440 e. The van der Waals surface area contributed by atoms with E-state index in [-0.39, 0.29) is 6.61 Å². The molecule has 0 amide bonds. The van der Waals surface area contributed by atoms with Gasteiger partial charge in [0, 0.05) is 18.6 Å². The molecule has 3 heteroatoms. The maximum Gasteiger partial charge on any atom is 0.195 e. The molecule has 0 saturated heterocycles. The molecule has 1 fully saturated rings. The quantitative estimate of drug-likeness (QED) is 0.880. The first kappa shape index (κ1) is 10.8. The summed E-state index contributed by atoms with van der Waals surface area (Å²) < 4.78 is 5.84. The van der Waals surface area contributed by atoms with Gasteiger partial charge < -0.3 is 9.52 Å². The Labute approximate surface area is 100 Å². The van der Waals surface area contributed by atoms with E-state index in [0.717, 1.165) is 36.3 Å². The first-order valence-corrected chi connectivity index (χ1v) is 6.32. The number of hydrogen-bond acceptors (Lipinski definition) is 3. The van der Waals surface area contributed by atoms with Crippen LogP contribution < -0.4 is 0 Å². The number of aliphatic hydroxyl groups excluding tert-OH is 1. The molecule has 1 aliphatic rings. The van der Waals surface area contributed by atoms with Crippen molar-refractivity contribution in [3.8, 4) is 0 Å². The van der Waals surface area contributed by atoms with Crippen molar-refractivity contribution in [2.75, 3.05) is 6.61 Å². The Balaban J connectivity index is 2.00. The highest BCUT2D eigenvalue weighted by atomic mass is 16.3. The average Bonchev–Trinajstić information content (AvgIpc) is 3.00. The molecule has 1 heterocycles. The number of nitrogens with zero attached hydrogens (tertiary/aromatic N) is 1. The van der Waals surface area contributed by atoms with Crippen LogP contribution in [0.25, 0.3) is 11.1 Å². The molecule has 17 heavy (non-hydrogen) atoms. The number of rotatable bonds is 4. The molecule has 2 aromatic rings. The van der Waals surface area contributed by atoms with Gasteiger partial charge in [0.05, 0.1) is 0 Å². The fourth-order valence-corrected chi connectivity index (χ4v) is 2.46. The van der Waals surface area contributed by atoms with Crippen LogP contribution in [0.2, 0.25) is 0 Å². The molecule has 0 unspecified atom stereocenters. The van der Waals surface area contributed by atoms with Crippen molar-refractivity contribution in [2.45, 2.75) is 32.1 Å². The van der Waals surface area contributed by atoms with Gasteiger partial charge in [0.15, 0.2) is 11.5 Å². The Morgan fingerprint density at radius 3 is 3.06 bits per heavy atom. The van der Waals surface area contributed by atoms with Gasteiger partial charge in [-0.05, 0) is 30.7 Å². The molecule has 0 bridgehead atoms. The van der Waals surface area contributed by atoms with Crippen molar-refractivity contribution in [3.63, 3.8) is 0 Å². The molecule has 0 aliphatic heterocycles. The number of aryl methyl sites for hydroxylation is 1. The molecule has 1 aromatic carbocycles. The van der Waals surface area contributed by atoms with Crippen LogP contribution >= 0.6 is 0 Å². The Morgan fingerprint density at radius 1 is 1.47 bits per heavy atom. The van der Waals surface area contributed by atoms with E-state index in [4.69, 9.17) is 9.52 Å². The van der Waals surface area contributed by atoms with Crippen LogP contribution in [0.5, 0.6) is 0 Å². The fraction of sp³-hybridized carbons (Fsp3) is 0.500. The summed E-state index contributed by atoms with van der Waals surface area (Å²) in [6, 6.07) is 6.13. The van der Waals surface area contributed by atoms with E-state index in [0.29, 0.717) is 11.8 Å². The molecular weight excluding hydrogens is 214 g/mol. The molecular formula is C14H17NO2. The number of benzene rings is 1. The molecule has 1 saturated carbocycles. The van der Waals surface area contributed by atoms with Gasteiger partial charge in [-0.15, -0.1) is 0 Å². The number of fused-ring (bicyclic) bond motifs is 1. The Hall–Kier alpha value is -1.35. The molecule has 0 radical (unpaired) electrons. The number of para-hydroxylation sites is 1. The topological polar surface area (TPSA) is 46.3 Å². The van der Waals surface area contributed by atoms with Crippen molar-refractivity contribution in [1.82, 2.24) is 4.98 Å². The highest BCUT2D eigenvalue weighted by molar-refractivity contribution is 5.77. The average molecular weight is 231 g/mol. The van der Waals surface area contributed by atoms with Crippen LogP contribution in [0, 0.1) is 5.92 Å². The molecule has 3 nitrogen and oxygen atoms in total. The van der Waals surface area contributed by atoms with E-state index in [1.165, 1.54) is 5.56 Å². The Kier molecular flexibility index (Phi) is 2.63. The van der Waals surface area contributed by atoms with Gasteiger partial charge in [0.1, 0.15) is 5.52 Å². The van der Waals surface area contributed by atoms with E-state index >= 15 is 0 Å². The monoisotopic (exact) mass is 231 g/mol. The first-order chi connectivity index (χ1) is 8.33. The molecule has 3 rings (SSSR count). The minimum atomic E-state index is 0.275. The zero-order chi connectivity index (χ0) is 11.8. The van der Waals surface area contributed by atoms with Gasteiger partial charge in [-0.2, -0.15) is 0 Å². The zero-order valence-electron chi connectivity index (χ0n) is 10.0. The summed E-state index contributed by atoms with van der Waals surface area (Å²) in [5, 5.41) is 9.15. The van der Waals surface area contributed by atoms with Crippen LogP contribution in [0.3, 0.4) is 0 Å². The summed E-state index contributed by atoms with van der Waals surface area (Å²) in [6.45, 7) is 2.40. The summed E-state index contributed by atoms with van der Waals surface area (Å²) in [5.41, 5.74) is 3.10. The van der Waals surface area contributed by atoms with Crippen LogP contribution in [0.15, 0.2) is 22.6 Å². The molecule has 1 N–H and O–H groups in total. The minimum absolute atomic E-state index is 0.275. The van der Waals surface area contributed by atoms with E-state index in [9.17, 15) is 0 Å². The van der Waals surface area contributed by atoms with E-state index in [2.05, 4.69) is 18.0 Å². The molecule has 2 atom stereocenters. The molecule has 0 spiro atoms. The Morgan fingerprint density at radius 2 is 2.35 bits per heavy atom. The van der Waals surface area contributed by atoms with Crippen LogP contribution in [0.4, 0.5) is 0 Å². The standard InChI is InChI=1S/C14H17NO2/c1-2-4-13-15-12-6-3-5-10(14(12)17-13)11-7-9(11)8-16/h3,5-6,9,11,16H,2,4,7-8H2,1H3/t9-,11+/m0/s1. The summed E-state index contributed by atoms with van der Waals surface area (Å²) in [7, 11) is 0. The summed E-state index contributed by atoms with van der Waals surface area (Å²) >= 11 is 0. The van der Waals surface area contributed by atoms with E-state index in [1.54, 1.807) is 0 Å². The van der Waals surface area contributed by atoms with Crippen molar-refractivity contribution in [2.24, 2.45) is 5.92 Å². The number of aromatic nitrogens is 1. The second-order valence-corrected chi connectivity index (χ2v) is 4.84. The highest BCUT2D eigenvalue weighted by Gasteiger charge is 2.39. The van der Waals surface area contributed by atoms with Crippen molar-refractivity contribution < 1.29 is 9.52 Å². The summed E-state index contributed by atoms with van der Waals surface area (Å²) in [5.74, 6) is 1.71. The van der Waals surface area contributed by atoms with Gasteiger partial charge >= 0.3 is 0 Å². The van der Waals surface area contributed by atoms with Gasteiger partial charge in [-0.25, -0.2) is 4.98 Å². The van der Waals surface area contributed by atoms with Crippen LogP contribution in [0.1, 0.15) is 37.1 Å². The van der Waals surface area contributed by atoms with Gasteiger partial charge in [-0.3, -0.25) is 0 Å². The molecule has 1 aliphatic carbocycles. The van der Waals surface area contributed by atoms with Crippen molar-refractivity contribution in [1.29, 1.82) is 0 Å². The number of oxazole rings is 1. The SMILES string of the molecule is CCCc1nc2cccc([C@@H]3C[C@H]3CO)c2o1. The maximum atomic E-state index is 9.15. The lowest BCUT2D eigenvalue weighted by atomic mass is 10.1. The lowest BCUT2D eigenvalue weighted by Gasteiger charge is -1.99. The third-order valence-corrected chi connectivity index (χ3v) is 3.51. The third-order valence-electron chi connectivity index (χ3n) is 3.51. The number of aliphatic hydroxyl groups is 1. The fourth-order valence-electron chi connectivity index (χ4n) is 2.46. The predicted molar refractivity (Wildman–Crippen MR) is 65.9 cm³/mol. The second-order valence-electron chi connectivity index (χ2n) is 4.84. The molecule has 90 valence electrons. The van der Waals surface area contributed by atoms with Crippen molar-refractivity contribution in [3.05, 3.63) is 29.7 Å². The third kappa shape index (κ3) is 1.84. The van der Waals surface area contributed by atoms with Crippen LogP contribution in [-0.4, -0.2) is 16.7 Å². The van der Waals surface area contributed by atoms with Gasteiger partial charge in [-0.1, -0.05) is 19.1 Å². The van der Waals surface area contributed by atoms with Crippen LogP contribution in [-0.2, 0) is 6.42 Å². The van der Waals surface area contributed by atoms with E-state index in [1.807, 2.05) is 12.1 Å². The lowest BCUT2D eigenvalue weighted by Crippen LogP contribution is -1.89. The highest BCUT2D eigenvalue weighted by Crippen LogP contribution is 2.49. The predicted octanol–water partition coefficient (Wildman–Crippen LogP) is 2.88. The first-order valence-electron chi connectivity index (χ1n) is 6.32. The second kappa shape index (κ2) is 4.15. The Bertz CT molecular complexity index is 532. The normalized spacial score (nSPS) is 23.2.